The average molecular weight is 369 g/mol. The SMILES string of the molecule is Cc1ccc(S(=O)(=O)N2C(=O)OCC2=C2CC(c3ccccc3)C2)cc1. The van der Waals surface area contributed by atoms with Crippen LogP contribution in [0.4, 0.5) is 4.79 Å². The minimum Gasteiger partial charge on any atom is -0.442 e. The summed E-state index contributed by atoms with van der Waals surface area (Å²) in [5.41, 5.74) is 3.63. The maximum Gasteiger partial charge on any atom is 0.428 e. The van der Waals surface area contributed by atoms with E-state index in [0.29, 0.717) is 11.6 Å². The molecule has 1 heterocycles. The molecule has 2 aliphatic rings. The van der Waals surface area contributed by atoms with Gasteiger partial charge in [0.1, 0.15) is 6.61 Å². The molecule has 1 aliphatic heterocycles. The van der Waals surface area contributed by atoms with Gasteiger partial charge < -0.3 is 4.74 Å². The van der Waals surface area contributed by atoms with Gasteiger partial charge in [-0.15, -0.1) is 0 Å². The van der Waals surface area contributed by atoms with Crippen molar-refractivity contribution < 1.29 is 17.9 Å². The van der Waals surface area contributed by atoms with E-state index >= 15 is 0 Å². The quantitative estimate of drug-likeness (QED) is 0.821. The maximum absolute atomic E-state index is 13.0. The third kappa shape index (κ3) is 2.80. The first-order valence-electron chi connectivity index (χ1n) is 8.51. The second kappa shape index (κ2) is 6.29. The fraction of sp³-hybridized carbons (Fsp3) is 0.250. The summed E-state index contributed by atoms with van der Waals surface area (Å²) >= 11 is 0. The van der Waals surface area contributed by atoms with Crippen molar-refractivity contribution >= 4 is 16.1 Å². The molecule has 0 aromatic heterocycles. The van der Waals surface area contributed by atoms with Crippen LogP contribution in [-0.2, 0) is 14.8 Å². The van der Waals surface area contributed by atoms with Crippen LogP contribution in [0.15, 0.2) is 70.8 Å². The molecule has 0 atom stereocenters. The molecule has 0 spiro atoms. The normalized spacial score (nSPS) is 20.1. The Kier molecular flexibility index (Phi) is 4.07. The van der Waals surface area contributed by atoms with Gasteiger partial charge in [0.2, 0.25) is 0 Å². The molecular formula is C20H19NO4S. The van der Waals surface area contributed by atoms with Crippen LogP contribution < -0.4 is 0 Å². The van der Waals surface area contributed by atoms with Crippen molar-refractivity contribution in [2.75, 3.05) is 6.61 Å². The van der Waals surface area contributed by atoms with Crippen LogP contribution >= 0.6 is 0 Å². The molecule has 2 fully saturated rings. The number of amides is 1. The lowest BCUT2D eigenvalue weighted by Crippen LogP contribution is -2.32. The van der Waals surface area contributed by atoms with Gasteiger partial charge in [-0.3, -0.25) is 0 Å². The number of carbonyl (C=O) groups excluding carboxylic acids is 1. The van der Waals surface area contributed by atoms with E-state index in [9.17, 15) is 13.2 Å². The molecule has 0 unspecified atom stereocenters. The van der Waals surface area contributed by atoms with Crippen LogP contribution in [0.25, 0.3) is 0 Å². The number of nitrogens with zero attached hydrogens (tertiary/aromatic N) is 1. The van der Waals surface area contributed by atoms with Gasteiger partial charge in [0.15, 0.2) is 0 Å². The fourth-order valence-corrected chi connectivity index (χ4v) is 4.81. The zero-order chi connectivity index (χ0) is 18.3. The lowest BCUT2D eigenvalue weighted by atomic mass is 9.75. The van der Waals surface area contributed by atoms with E-state index in [4.69, 9.17) is 4.74 Å². The van der Waals surface area contributed by atoms with Crippen LogP contribution in [0.1, 0.15) is 29.9 Å². The highest BCUT2D eigenvalue weighted by Gasteiger charge is 2.42. The number of benzene rings is 2. The van der Waals surface area contributed by atoms with E-state index in [0.717, 1.165) is 28.3 Å². The van der Waals surface area contributed by atoms with Crippen molar-refractivity contribution in [2.45, 2.75) is 30.6 Å². The summed E-state index contributed by atoms with van der Waals surface area (Å²) in [6, 6.07) is 16.6. The molecule has 6 heteroatoms. The Bertz CT molecular complexity index is 970. The smallest absolute Gasteiger partial charge is 0.428 e. The van der Waals surface area contributed by atoms with Crippen molar-refractivity contribution in [3.8, 4) is 0 Å². The molecular weight excluding hydrogens is 350 g/mol. The average Bonchev–Trinajstić information content (AvgIpc) is 2.97. The molecule has 2 aromatic rings. The maximum atomic E-state index is 13.0. The Morgan fingerprint density at radius 2 is 1.65 bits per heavy atom. The van der Waals surface area contributed by atoms with Gasteiger partial charge in [0.25, 0.3) is 10.0 Å². The Morgan fingerprint density at radius 3 is 2.31 bits per heavy atom. The van der Waals surface area contributed by atoms with Gasteiger partial charge in [0, 0.05) is 0 Å². The number of cyclic esters (lactones) is 1. The minimum absolute atomic E-state index is 0.0147. The van der Waals surface area contributed by atoms with Crippen LogP contribution in [0.2, 0.25) is 0 Å². The molecule has 1 saturated heterocycles. The summed E-state index contributed by atoms with van der Waals surface area (Å²) in [4.78, 5) is 12.3. The number of ether oxygens (including phenoxy) is 1. The molecule has 4 rings (SSSR count). The summed E-state index contributed by atoms with van der Waals surface area (Å²) < 4.78 is 31.8. The third-order valence-corrected chi connectivity index (χ3v) is 6.69. The number of hydrogen-bond donors (Lipinski definition) is 0. The van der Waals surface area contributed by atoms with Crippen molar-refractivity contribution in [1.29, 1.82) is 0 Å². The van der Waals surface area contributed by atoms with Crippen LogP contribution in [0.3, 0.4) is 0 Å². The first kappa shape index (κ1) is 16.8. The first-order chi connectivity index (χ1) is 12.5. The fourth-order valence-electron chi connectivity index (χ4n) is 3.39. The van der Waals surface area contributed by atoms with Gasteiger partial charge in [0.05, 0.1) is 10.6 Å². The van der Waals surface area contributed by atoms with Gasteiger partial charge in [-0.2, -0.15) is 4.31 Å². The lowest BCUT2D eigenvalue weighted by molar-refractivity contribution is 0.170. The Morgan fingerprint density at radius 1 is 1.00 bits per heavy atom. The lowest BCUT2D eigenvalue weighted by Gasteiger charge is -2.32. The number of hydrogen-bond acceptors (Lipinski definition) is 4. The van der Waals surface area contributed by atoms with Crippen LogP contribution in [0.5, 0.6) is 0 Å². The van der Waals surface area contributed by atoms with Crippen molar-refractivity contribution in [3.05, 3.63) is 77.0 Å². The predicted octanol–water partition coefficient (Wildman–Crippen LogP) is 3.97. The molecule has 1 amide bonds. The molecule has 26 heavy (non-hydrogen) atoms. The Hall–Kier alpha value is -2.60. The monoisotopic (exact) mass is 369 g/mol. The van der Waals surface area contributed by atoms with Gasteiger partial charge >= 0.3 is 6.09 Å². The minimum atomic E-state index is -3.96. The van der Waals surface area contributed by atoms with E-state index in [1.165, 1.54) is 17.7 Å². The van der Waals surface area contributed by atoms with Crippen molar-refractivity contribution in [1.82, 2.24) is 4.31 Å². The first-order valence-corrected chi connectivity index (χ1v) is 9.95. The highest BCUT2D eigenvalue weighted by Crippen LogP contribution is 2.45. The van der Waals surface area contributed by atoms with E-state index in [1.54, 1.807) is 12.1 Å². The molecule has 1 saturated carbocycles. The molecule has 0 radical (unpaired) electrons. The standard InChI is InChI=1S/C20H19NO4S/c1-14-7-9-18(10-8-14)26(23,24)21-19(13-25-20(21)22)17-11-16(12-17)15-5-3-2-4-6-15/h2-10,16H,11-13H2,1H3. The zero-order valence-electron chi connectivity index (χ0n) is 14.4. The highest BCUT2D eigenvalue weighted by atomic mass is 32.2. The second-order valence-corrected chi connectivity index (χ2v) is 8.49. The van der Waals surface area contributed by atoms with Crippen LogP contribution in [-0.4, -0.2) is 25.4 Å². The zero-order valence-corrected chi connectivity index (χ0v) is 15.2. The van der Waals surface area contributed by atoms with E-state index in [1.807, 2.05) is 25.1 Å². The summed E-state index contributed by atoms with van der Waals surface area (Å²) in [6.45, 7) is 1.90. The molecule has 5 nitrogen and oxygen atoms in total. The summed E-state index contributed by atoms with van der Waals surface area (Å²) in [7, 11) is -3.96. The summed E-state index contributed by atoms with van der Waals surface area (Å²) in [5, 5.41) is 0. The van der Waals surface area contributed by atoms with Gasteiger partial charge in [-0.25, -0.2) is 13.2 Å². The number of sulfonamides is 1. The largest absolute Gasteiger partial charge is 0.442 e. The Balaban J connectivity index is 1.63. The topological polar surface area (TPSA) is 63.7 Å². The molecule has 0 N–H and O–H groups in total. The number of allylic oxidation sites excluding steroid dienone is 1. The molecule has 0 bridgehead atoms. The molecule has 1 aliphatic carbocycles. The number of aryl methyl sites for hydroxylation is 1. The van der Waals surface area contributed by atoms with Crippen LogP contribution in [0, 0.1) is 6.92 Å². The van der Waals surface area contributed by atoms with Crippen molar-refractivity contribution in [3.63, 3.8) is 0 Å². The molecule has 2 aromatic carbocycles. The van der Waals surface area contributed by atoms with Gasteiger partial charge in [-0.1, -0.05) is 48.0 Å². The van der Waals surface area contributed by atoms with E-state index in [2.05, 4.69) is 12.1 Å². The third-order valence-electron chi connectivity index (χ3n) is 4.97. The second-order valence-electron chi connectivity index (χ2n) is 6.70. The van der Waals surface area contributed by atoms with Gasteiger partial charge in [-0.05, 0) is 49.0 Å². The number of rotatable bonds is 3. The number of carbonyl (C=O) groups is 1. The van der Waals surface area contributed by atoms with Crippen molar-refractivity contribution in [2.24, 2.45) is 0 Å². The highest BCUT2D eigenvalue weighted by molar-refractivity contribution is 7.89. The summed E-state index contributed by atoms with van der Waals surface area (Å²) in [6.07, 6.45) is 0.669. The summed E-state index contributed by atoms with van der Waals surface area (Å²) in [5.74, 6) is 0.360. The molecule has 134 valence electrons. The van der Waals surface area contributed by atoms with E-state index in [-0.39, 0.29) is 11.5 Å². The van der Waals surface area contributed by atoms with E-state index < -0.39 is 16.1 Å². The Labute approximate surface area is 153 Å². The predicted molar refractivity (Wildman–Crippen MR) is 97.0 cm³/mol.